The van der Waals surface area contributed by atoms with E-state index in [0.717, 1.165) is 6.42 Å². The molecule has 14 heavy (non-hydrogen) atoms. The molecule has 76 valence electrons. The van der Waals surface area contributed by atoms with Crippen molar-refractivity contribution in [3.8, 4) is 0 Å². The largest absolute Gasteiger partial charge is 0.220 e. The van der Waals surface area contributed by atoms with Crippen LogP contribution in [0.3, 0.4) is 0 Å². The second-order valence-corrected chi connectivity index (χ2v) is 8.28. The first kappa shape index (κ1) is 11.7. The molecule has 0 saturated heterocycles. The van der Waals surface area contributed by atoms with Crippen LogP contribution in [0.25, 0.3) is 0 Å². The lowest BCUT2D eigenvalue weighted by molar-refractivity contribution is 0.886. The molecule has 0 aliphatic rings. The van der Waals surface area contributed by atoms with Gasteiger partial charge in [-0.2, -0.15) is 0 Å². The molecule has 0 fully saturated rings. The van der Waals surface area contributed by atoms with E-state index < -0.39 is 10.0 Å². The summed E-state index contributed by atoms with van der Waals surface area (Å²) in [5.41, 5.74) is 0. The summed E-state index contributed by atoms with van der Waals surface area (Å²) in [6.07, 6.45) is 5.85. The van der Waals surface area contributed by atoms with E-state index >= 15 is 0 Å². The summed E-state index contributed by atoms with van der Waals surface area (Å²) in [5, 5.41) is 0. The summed E-state index contributed by atoms with van der Waals surface area (Å²) in [7, 11) is 5.16. The van der Waals surface area contributed by atoms with Gasteiger partial charge in [0.1, 0.15) is 0 Å². The summed E-state index contributed by atoms with van der Waals surface area (Å²) in [4.78, 5) is 1.49. The van der Waals surface area contributed by atoms with Crippen molar-refractivity contribution in [1.82, 2.24) is 0 Å². The maximum absolute atomic E-state index is 5.79. The van der Waals surface area contributed by atoms with Gasteiger partial charge < -0.3 is 0 Å². The van der Waals surface area contributed by atoms with Crippen molar-refractivity contribution < 1.29 is 0 Å². The van der Waals surface area contributed by atoms with Gasteiger partial charge in [0.15, 0.2) is 0 Å². The van der Waals surface area contributed by atoms with Crippen LogP contribution in [0.1, 0.15) is 13.3 Å². The lowest BCUT2D eigenvalue weighted by atomic mass is 9.87. The fourth-order valence-electron chi connectivity index (χ4n) is 1.39. The van der Waals surface area contributed by atoms with Gasteiger partial charge in [-0.3, -0.25) is 0 Å². The minimum Gasteiger partial charge on any atom is -0.220 e. The highest BCUT2D eigenvalue weighted by molar-refractivity contribution is 8.32. The van der Waals surface area contributed by atoms with Crippen LogP contribution < -0.4 is 0 Å². The number of benzene rings is 1. The first-order valence-electron chi connectivity index (χ1n) is 5.04. The van der Waals surface area contributed by atoms with E-state index in [1.807, 2.05) is 0 Å². The van der Waals surface area contributed by atoms with Gasteiger partial charge in [-0.1, -0.05) is 49.5 Å². The molecule has 0 aliphatic carbocycles. The number of hydrogen-bond acceptors (Lipinski definition) is 0. The Hall–Kier alpha value is -0.365. The molecule has 0 aromatic heterocycles. The molecule has 0 aliphatic heterocycles. The zero-order valence-electron chi connectivity index (χ0n) is 9.36. The Morgan fingerprint density at radius 1 is 1.21 bits per heavy atom. The molecule has 0 bridgehead atoms. The van der Waals surface area contributed by atoms with Crippen molar-refractivity contribution >= 4 is 17.9 Å². The molecule has 2 radical (unpaired) electrons. The summed E-state index contributed by atoms with van der Waals surface area (Å²) < 4.78 is 0. The highest BCUT2D eigenvalue weighted by Gasteiger charge is 2.14. The fourth-order valence-corrected chi connectivity index (χ4v) is 3.48. The monoisotopic (exact) mass is 206 g/mol. The number of rotatable bonds is 4. The third-order valence-corrected chi connectivity index (χ3v) is 5.27. The fraction of sp³-hybridized carbons (Fsp3) is 0.500. The first-order valence-corrected chi connectivity index (χ1v) is 7.66. The van der Waals surface area contributed by atoms with Gasteiger partial charge in [0, 0.05) is 0 Å². The van der Waals surface area contributed by atoms with Crippen molar-refractivity contribution in [3.05, 3.63) is 30.3 Å². The lowest BCUT2D eigenvalue weighted by Gasteiger charge is -2.32. The predicted molar refractivity (Wildman–Crippen MR) is 68.8 cm³/mol. The minimum absolute atomic E-state index is 0.325. The molecule has 0 saturated carbocycles. The Labute approximate surface area is 90.8 Å². The molecule has 1 aromatic rings. The van der Waals surface area contributed by atoms with Crippen molar-refractivity contribution in [1.29, 1.82) is 0 Å². The second-order valence-electron chi connectivity index (χ2n) is 4.32. The van der Waals surface area contributed by atoms with Gasteiger partial charge in [0.05, 0.1) is 7.85 Å². The SMILES string of the molecule is [B][C@@H](C)CCS(C)(C)c1ccccc1. The molecule has 1 atom stereocenters. The maximum Gasteiger partial charge on any atom is 0.0696 e. The normalized spacial score (nSPS) is 15.1. The zero-order chi connectivity index (χ0) is 10.6. The zero-order valence-corrected chi connectivity index (χ0v) is 10.2. The topological polar surface area (TPSA) is 0 Å². The quantitative estimate of drug-likeness (QED) is 0.661. The van der Waals surface area contributed by atoms with E-state index in [0.29, 0.717) is 5.82 Å². The minimum atomic E-state index is -0.635. The van der Waals surface area contributed by atoms with Crippen molar-refractivity contribution in [2.45, 2.75) is 24.1 Å². The van der Waals surface area contributed by atoms with Crippen LogP contribution in [0.2, 0.25) is 5.82 Å². The van der Waals surface area contributed by atoms with Crippen LogP contribution in [0, 0.1) is 0 Å². The molecule has 0 N–H and O–H groups in total. The van der Waals surface area contributed by atoms with Crippen LogP contribution in [0.15, 0.2) is 35.2 Å². The molecule has 0 heterocycles. The van der Waals surface area contributed by atoms with Crippen molar-refractivity contribution in [2.75, 3.05) is 18.3 Å². The maximum atomic E-state index is 5.79. The average molecular weight is 206 g/mol. The van der Waals surface area contributed by atoms with Crippen LogP contribution >= 0.6 is 10.0 Å². The Morgan fingerprint density at radius 3 is 2.29 bits per heavy atom. The average Bonchev–Trinajstić information content (AvgIpc) is 2.16. The summed E-state index contributed by atoms with van der Waals surface area (Å²) in [6, 6.07) is 10.8. The van der Waals surface area contributed by atoms with Gasteiger partial charge in [0.25, 0.3) is 0 Å². The molecule has 0 spiro atoms. The van der Waals surface area contributed by atoms with Gasteiger partial charge in [-0.15, -0.1) is 0 Å². The molecule has 1 rings (SSSR count). The first-order chi connectivity index (χ1) is 6.52. The van der Waals surface area contributed by atoms with E-state index in [2.05, 4.69) is 49.8 Å². The Bertz CT molecular complexity index is 267. The van der Waals surface area contributed by atoms with E-state index in [4.69, 9.17) is 7.85 Å². The van der Waals surface area contributed by atoms with E-state index in [1.165, 1.54) is 10.6 Å². The summed E-state index contributed by atoms with van der Waals surface area (Å²) >= 11 is 0. The van der Waals surface area contributed by atoms with Crippen LogP contribution in [-0.4, -0.2) is 26.1 Å². The van der Waals surface area contributed by atoms with Gasteiger partial charge >= 0.3 is 0 Å². The smallest absolute Gasteiger partial charge is 0.0696 e. The van der Waals surface area contributed by atoms with Gasteiger partial charge in [-0.05, 0) is 23.2 Å². The molecule has 2 heteroatoms. The molecule has 0 unspecified atom stereocenters. The van der Waals surface area contributed by atoms with Crippen molar-refractivity contribution in [3.63, 3.8) is 0 Å². The Kier molecular flexibility index (Phi) is 4.12. The molecule has 1 aromatic carbocycles. The number of hydrogen-bond donors (Lipinski definition) is 0. The lowest BCUT2D eigenvalue weighted by Crippen LogP contribution is -2.04. The second kappa shape index (κ2) is 4.93. The highest BCUT2D eigenvalue weighted by atomic mass is 32.3. The Morgan fingerprint density at radius 2 is 1.79 bits per heavy atom. The molecular formula is C12H19BS. The summed E-state index contributed by atoms with van der Waals surface area (Å²) in [6.45, 7) is 2.08. The Balaban J connectivity index is 2.66. The highest BCUT2D eigenvalue weighted by Crippen LogP contribution is 2.49. The van der Waals surface area contributed by atoms with Gasteiger partial charge in [-0.25, -0.2) is 10.0 Å². The molecule has 0 amide bonds. The van der Waals surface area contributed by atoms with Crippen LogP contribution in [0.4, 0.5) is 0 Å². The molecular weight excluding hydrogens is 187 g/mol. The van der Waals surface area contributed by atoms with Crippen LogP contribution in [0.5, 0.6) is 0 Å². The predicted octanol–water partition coefficient (Wildman–Crippen LogP) is 3.48. The van der Waals surface area contributed by atoms with E-state index in [-0.39, 0.29) is 0 Å². The van der Waals surface area contributed by atoms with Crippen molar-refractivity contribution in [2.24, 2.45) is 0 Å². The van der Waals surface area contributed by atoms with E-state index in [1.54, 1.807) is 0 Å². The van der Waals surface area contributed by atoms with Gasteiger partial charge in [0.2, 0.25) is 0 Å². The summed E-state index contributed by atoms with van der Waals surface area (Å²) in [5.74, 6) is 1.56. The van der Waals surface area contributed by atoms with E-state index in [9.17, 15) is 0 Å². The van der Waals surface area contributed by atoms with Crippen LogP contribution in [-0.2, 0) is 0 Å². The molecule has 0 nitrogen and oxygen atoms in total. The third kappa shape index (κ3) is 3.41. The third-order valence-electron chi connectivity index (χ3n) is 2.46. The standard InChI is InChI=1S/C12H19BS/c1-11(13)9-10-14(2,3)12-7-5-4-6-8-12/h4-8,11H,9-10H2,1-3H3/t11-/m0/s1.